The van der Waals surface area contributed by atoms with E-state index in [1.165, 1.54) is 4.90 Å². The van der Waals surface area contributed by atoms with Gasteiger partial charge in [-0.3, -0.25) is 10.0 Å². The largest absolute Gasteiger partial charge is 0.444 e. The number of amides is 2. The van der Waals surface area contributed by atoms with E-state index in [4.69, 9.17) is 9.94 Å². The lowest BCUT2D eigenvalue weighted by Crippen LogP contribution is -2.46. The number of carbonyl (C=O) groups excluding carboxylic acids is 2. The van der Waals surface area contributed by atoms with Crippen molar-refractivity contribution in [2.45, 2.75) is 63.7 Å². The van der Waals surface area contributed by atoms with E-state index in [9.17, 15) is 18.0 Å². The van der Waals surface area contributed by atoms with Gasteiger partial charge in [-0.05, 0) is 58.4 Å². The predicted molar refractivity (Wildman–Crippen MR) is 117 cm³/mol. The summed E-state index contributed by atoms with van der Waals surface area (Å²) in [5.74, 6) is -1.81. The Hall–Kier alpha value is -2.13. The third kappa shape index (κ3) is 8.14. The standard InChI is InChI=1S/C22H34N2O6S/c1-22(2,3)30-21(26)24-14-12-19(13-15-24)31(28,29)16-18(20(25)23-27)11-7-10-17-8-5-4-6-9-17/h4-6,8-9,18-19,27H,7,10-16H2,1-3H3,(H,23,25). The van der Waals surface area contributed by atoms with E-state index >= 15 is 0 Å². The normalized spacial score (nSPS) is 16.6. The van der Waals surface area contributed by atoms with Crippen LogP contribution >= 0.6 is 0 Å². The van der Waals surface area contributed by atoms with Crippen LogP contribution in [0.5, 0.6) is 0 Å². The fraction of sp³-hybridized carbons (Fsp3) is 0.636. The number of likely N-dealkylation sites (tertiary alicyclic amines) is 1. The van der Waals surface area contributed by atoms with Crippen LogP contribution in [0.2, 0.25) is 0 Å². The molecule has 0 spiro atoms. The molecule has 1 aliphatic heterocycles. The molecule has 1 aromatic carbocycles. The van der Waals surface area contributed by atoms with E-state index in [1.54, 1.807) is 26.3 Å². The maximum absolute atomic E-state index is 13.0. The van der Waals surface area contributed by atoms with E-state index in [2.05, 4.69) is 0 Å². The molecule has 1 aliphatic rings. The second-order valence-corrected chi connectivity index (χ2v) is 11.4. The highest BCUT2D eigenvalue weighted by atomic mass is 32.2. The number of benzene rings is 1. The topological polar surface area (TPSA) is 113 Å². The molecule has 9 heteroatoms. The SMILES string of the molecule is CC(C)(C)OC(=O)N1CCC(S(=O)(=O)CC(CCCc2ccccc2)C(=O)NO)CC1. The Morgan fingerprint density at radius 2 is 1.81 bits per heavy atom. The minimum atomic E-state index is -3.57. The summed E-state index contributed by atoms with van der Waals surface area (Å²) in [6.07, 6.45) is 1.89. The number of nitrogens with one attached hydrogen (secondary N) is 1. The van der Waals surface area contributed by atoms with Gasteiger partial charge in [0, 0.05) is 13.1 Å². The Kier molecular flexibility index (Phi) is 8.88. The van der Waals surface area contributed by atoms with Gasteiger partial charge in [0.1, 0.15) is 5.60 Å². The third-order valence-electron chi connectivity index (χ3n) is 5.38. The smallest absolute Gasteiger partial charge is 0.410 e. The molecule has 1 atom stereocenters. The summed E-state index contributed by atoms with van der Waals surface area (Å²) in [5, 5.41) is 8.45. The predicted octanol–water partition coefficient (Wildman–Crippen LogP) is 2.95. The van der Waals surface area contributed by atoms with E-state index < -0.39 is 38.6 Å². The quantitative estimate of drug-likeness (QED) is 0.461. The first kappa shape index (κ1) is 25.1. The average Bonchev–Trinajstić information content (AvgIpc) is 2.72. The molecule has 1 unspecified atom stereocenters. The van der Waals surface area contributed by atoms with Crippen LogP contribution < -0.4 is 5.48 Å². The van der Waals surface area contributed by atoms with Crippen LogP contribution in [-0.4, -0.2) is 60.2 Å². The average molecular weight is 455 g/mol. The number of sulfone groups is 1. The number of ether oxygens (including phenoxy) is 1. The molecule has 0 saturated carbocycles. The molecule has 31 heavy (non-hydrogen) atoms. The zero-order valence-electron chi connectivity index (χ0n) is 18.5. The molecule has 0 aromatic heterocycles. The first-order valence-corrected chi connectivity index (χ1v) is 12.4. The van der Waals surface area contributed by atoms with E-state index in [-0.39, 0.29) is 5.75 Å². The summed E-state index contributed by atoms with van der Waals surface area (Å²) in [4.78, 5) is 25.8. The Bertz CT molecular complexity index is 827. The van der Waals surface area contributed by atoms with Gasteiger partial charge >= 0.3 is 6.09 Å². The highest BCUT2D eigenvalue weighted by molar-refractivity contribution is 7.92. The Morgan fingerprint density at radius 3 is 2.35 bits per heavy atom. The molecular weight excluding hydrogens is 420 g/mol. The Labute approximate surface area is 184 Å². The van der Waals surface area contributed by atoms with Gasteiger partial charge in [-0.2, -0.15) is 0 Å². The third-order valence-corrected chi connectivity index (χ3v) is 7.73. The molecule has 1 saturated heterocycles. The summed E-state index contributed by atoms with van der Waals surface area (Å²) in [7, 11) is -3.57. The zero-order valence-corrected chi connectivity index (χ0v) is 19.4. The lowest BCUT2D eigenvalue weighted by Gasteiger charge is -2.33. The maximum Gasteiger partial charge on any atom is 0.410 e. The number of aryl methyl sites for hydroxylation is 1. The highest BCUT2D eigenvalue weighted by Crippen LogP contribution is 2.24. The van der Waals surface area contributed by atoms with Gasteiger partial charge in [-0.1, -0.05) is 30.3 Å². The van der Waals surface area contributed by atoms with Gasteiger partial charge in [0.05, 0.1) is 16.9 Å². The number of piperidine rings is 1. The van der Waals surface area contributed by atoms with Crippen LogP contribution in [0.4, 0.5) is 4.79 Å². The van der Waals surface area contributed by atoms with Crippen molar-refractivity contribution < 1.29 is 28.0 Å². The molecule has 2 N–H and O–H groups in total. The highest BCUT2D eigenvalue weighted by Gasteiger charge is 2.35. The monoisotopic (exact) mass is 454 g/mol. The first-order chi connectivity index (χ1) is 14.5. The number of hydrogen-bond donors (Lipinski definition) is 2. The molecule has 8 nitrogen and oxygen atoms in total. The molecule has 1 fully saturated rings. The van der Waals surface area contributed by atoms with Gasteiger partial charge < -0.3 is 9.64 Å². The molecule has 174 valence electrons. The van der Waals surface area contributed by atoms with Crippen molar-refractivity contribution in [3.8, 4) is 0 Å². The zero-order chi connectivity index (χ0) is 23.1. The summed E-state index contributed by atoms with van der Waals surface area (Å²) >= 11 is 0. The van der Waals surface area contributed by atoms with Crippen LogP contribution in [0, 0.1) is 5.92 Å². The first-order valence-electron chi connectivity index (χ1n) is 10.7. The van der Waals surface area contributed by atoms with Gasteiger partial charge in [-0.25, -0.2) is 18.7 Å². The lowest BCUT2D eigenvalue weighted by atomic mass is 10.0. The summed E-state index contributed by atoms with van der Waals surface area (Å²) in [6, 6.07) is 9.75. The molecule has 0 radical (unpaired) electrons. The van der Waals surface area contributed by atoms with Crippen molar-refractivity contribution >= 4 is 21.8 Å². The minimum absolute atomic E-state index is 0.295. The fourth-order valence-electron chi connectivity index (χ4n) is 3.72. The van der Waals surface area contributed by atoms with Crippen LogP contribution in [0.15, 0.2) is 30.3 Å². The van der Waals surface area contributed by atoms with Crippen molar-refractivity contribution in [1.82, 2.24) is 10.4 Å². The van der Waals surface area contributed by atoms with Gasteiger partial charge in [0.15, 0.2) is 9.84 Å². The maximum atomic E-state index is 13.0. The second-order valence-electron chi connectivity index (χ2n) is 9.05. The van der Waals surface area contributed by atoms with Gasteiger partial charge in [-0.15, -0.1) is 0 Å². The molecule has 1 aromatic rings. The van der Waals surface area contributed by atoms with Crippen LogP contribution in [-0.2, 0) is 25.8 Å². The molecule has 1 heterocycles. The summed E-state index contributed by atoms with van der Waals surface area (Å²) in [5.41, 5.74) is 2.12. The molecule has 2 rings (SSSR count). The number of nitrogens with zero attached hydrogens (tertiary/aromatic N) is 1. The Morgan fingerprint density at radius 1 is 1.19 bits per heavy atom. The fourth-order valence-corrected chi connectivity index (χ4v) is 5.80. The number of hydroxylamine groups is 1. The van der Waals surface area contributed by atoms with Crippen LogP contribution in [0.1, 0.15) is 52.0 Å². The lowest BCUT2D eigenvalue weighted by molar-refractivity contribution is -0.132. The summed E-state index contributed by atoms with van der Waals surface area (Å²) in [6.45, 7) is 5.94. The molecular formula is C22H34N2O6S. The molecule has 0 bridgehead atoms. The number of carbonyl (C=O) groups is 2. The van der Waals surface area contributed by atoms with Crippen LogP contribution in [0.25, 0.3) is 0 Å². The second kappa shape index (κ2) is 10.9. The minimum Gasteiger partial charge on any atom is -0.444 e. The Balaban J connectivity index is 1.91. The van der Waals surface area contributed by atoms with Crippen molar-refractivity contribution in [2.24, 2.45) is 5.92 Å². The van der Waals surface area contributed by atoms with Crippen molar-refractivity contribution in [1.29, 1.82) is 0 Å². The van der Waals surface area contributed by atoms with Crippen molar-refractivity contribution in [3.05, 3.63) is 35.9 Å². The van der Waals surface area contributed by atoms with E-state index in [0.29, 0.717) is 38.8 Å². The molecule has 2 amide bonds. The number of hydrogen-bond acceptors (Lipinski definition) is 6. The molecule has 0 aliphatic carbocycles. The van der Waals surface area contributed by atoms with Crippen LogP contribution in [0.3, 0.4) is 0 Å². The van der Waals surface area contributed by atoms with Crippen molar-refractivity contribution in [3.63, 3.8) is 0 Å². The van der Waals surface area contributed by atoms with E-state index in [1.807, 2.05) is 30.3 Å². The summed E-state index contributed by atoms with van der Waals surface area (Å²) < 4.78 is 31.3. The van der Waals surface area contributed by atoms with Crippen molar-refractivity contribution in [2.75, 3.05) is 18.8 Å². The van der Waals surface area contributed by atoms with E-state index in [0.717, 1.165) is 12.0 Å². The van der Waals surface area contributed by atoms with Gasteiger partial charge in [0.2, 0.25) is 5.91 Å². The number of rotatable bonds is 8. The van der Waals surface area contributed by atoms with Gasteiger partial charge in [0.25, 0.3) is 0 Å².